The summed E-state index contributed by atoms with van der Waals surface area (Å²) >= 11 is 0. The van der Waals surface area contributed by atoms with Gasteiger partial charge in [0.2, 0.25) is 11.8 Å². The van der Waals surface area contributed by atoms with Crippen LogP contribution < -0.4 is 10.2 Å². The molecule has 144 valence electrons. The fourth-order valence-electron chi connectivity index (χ4n) is 3.35. The van der Waals surface area contributed by atoms with Crippen molar-refractivity contribution in [3.8, 4) is 0 Å². The minimum absolute atomic E-state index is 0.130. The van der Waals surface area contributed by atoms with Gasteiger partial charge in [-0.15, -0.1) is 0 Å². The number of rotatable bonds is 6. The van der Waals surface area contributed by atoms with Crippen molar-refractivity contribution in [2.45, 2.75) is 38.1 Å². The van der Waals surface area contributed by atoms with Crippen LogP contribution in [0, 0.1) is 5.92 Å². The number of aromatic nitrogens is 4. The normalized spacial score (nSPS) is 19.7. The van der Waals surface area contributed by atoms with Crippen LogP contribution in [-0.2, 0) is 6.54 Å². The van der Waals surface area contributed by atoms with Gasteiger partial charge in [-0.1, -0.05) is 5.16 Å². The van der Waals surface area contributed by atoms with Crippen molar-refractivity contribution in [3.05, 3.63) is 30.2 Å². The molecule has 0 spiro atoms. The molecule has 9 heteroatoms. The largest absolute Gasteiger partial charge is 0.340 e. The molecule has 2 aromatic rings. The molecular formula is C18H25N7O2. The molecule has 9 nitrogen and oxygen atoms in total. The Morgan fingerprint density at radius 3 is 2.93 bits per heavy atom. The van der Waals surface area contributed by atoms with E-state index in [4.69, 9.17) is 4.52 Å². The molecule has 1 aliphatic heterocycles. The Morgan fingerprint density at radius 2 is 2.15 bits per heavy atom. The fraction of sp³-hybridized carbons (Fsp3) is 0.611. The summed E-state index contributed by atoms with van der Waals surface area (Å²) < 4.78 is 5.24. The Bertz CT molecular complexity index is 762. The van der Waals surface area contributed by atoms with E-state index in [9.17, 15) is 4.79 Å². The van der Waals surface area contributed by atoms with Crippen LogP contribution in [0.25, 0.3) is 0 Å². The quantitative estimate of drug-likeness (QED) is 0.826. The lowest BCUT2D eigenvalue weighted by Crippen LogP contribution is -2.44. The zero-order valence-corrected chi connectivity index (χ0v) is 15.5. The highest BCUT2D eigenvalue weighted by Crippen LogP contribution is 2.38. The Balaban J connectivity index is 1.24. The number of nitrogens with one attached hydrogen (secondary N) is 1. The lowest BCUT2D eigenvalue weighted by atomic mass is 9.98. The van der Waals surface area contributed by atoms with Gasteiger partial charge in [0.15, 0.2) is 5.82 Å². The van der Waals surface area contributed by atoms with Crippen molar-refractivity contribution in [2.24, 2.45) is 5.92 Å². The summed E-state index contributed by atoms with van der Waals surface area (Å²) in [6.07, 6.45) is 7.93. The van der Waals surface area contributed by atoms with Crippen LogP contribution in [0.5, 0.6) is 0 Å². The van der Waals surface area contributed by atoms with Gasteiger partial charge in [-0.05, 0) is 37.7 Å². The summed E-state index contributed by atoms with van der Waals surface area (Å²) in [4.78, 5) is 29.1. The highest BCUT2D eigenvalue weighted by molar-refractivity contribution is 5.73. The number of piperidine rings is 1. The molecule has 2 fully saturated rings. The van der Waals surface area contributed by atoms with E-state index in [-0.39, 0.29) is 6.03 Å². The second-order valence-corrected chi connectivity index (χ2v) is 7.37. The molecule has 1 N–H and O–H groups in total. The lowest BCUT2D eigenvalue weighted by molar-refractivity contribution is 0.197. The van der Waals surface area contributed by atoms with Crippen molar-refractivity contribution in [2.75, 3.05) is 31.6 Å². The van der Waals surface area contributed by atoms with Crippen LogP contribution in [0.3, 0.4) is 0 Å². The maximum absolute atomic E-state index is 12.4. The maximum Gasteiger partial charge on any atom is 0.317 e. The molecule has 2 aromatic heterocycles. The summed E-state index contributed by atoms with van der Waals surface area (Å²) in [7, 11) is 1.74. The van der Waals surface area contributed by atoms with Crippen LogP contribution in [0.4, 0.5) is 10.7 Å². The maximum atomic E-state index is 12.4. The number of carbonyl (C=O) groups excluding carboxylic acids is 1. The molecule has 2 amide bonds. The minimum Gasteiger partial charge on any atom is -0.340 e. The molecule has 2 aliphatic rings. The Morgan fingerprint density at radius 1 is 1.33 bits per heavy atom. The van der Waals surface area contributed by atoms with Crippen LogP contribution in [0.2, 0.25) is 0 Å². The fourth-order valence-corrected chi connectivity index (χ4v) is 3.35. The molecule has 0 unspecified atom stereocenters. The molecule has 1 saturated heterocycles. The van der Waals surface area contributed by atoms with E-state index in [0.717, 1.165) is 50.5 Å². The smallest absolute Gasteiger partial charge is 0.317 e. The second kappa shape index (κ2) is 7.89. The van der Waals surface area contributed by atoms with Crippen molar-refractivity contribution < 1.29 is 9.32 Å². The minimum atomic E-state index is -0.130. The SMILES string of the molecule is CN(Cc1nc(C2CC2)no1)C(=O)NC[C@@H]1CCCN(c2ncccn2)C1. The summed E-state index contributed by atoms with van der Waals surface area (Å²) in [5.41, 5.74) is 0. The van der Waals surface area contributed by atoms with E-state index in [1.165, 1.54) is 0 Å². The zero-order chi connectivity index (χ0) is 18.6. The number of nitrogens with zero attached hydrogens (tertiary/aromatic N) is 6. The number of urea groups is 1. The molecule has 27 heavy (non-hydrogen) atoms. The van der Waals surface area contributed by atoms with Crippen LogP contribution in [0.1, 0.15) is 43.3 Å². The first-order chi connectivity index (χ1) is 13.2. The van der Waals surface area contributed by atoms with E-state index in [0.29, 0.717) is 30.8 Å². The molecular weight excluding hydrogens is 346 g/mol. The molecule has 0 radical (unpaired) electrons. The van der Waals surface area contributed by atoms with Gasteiger partial charge >= 0.3 is 6.03 Å². The van der Waals surface area contributed by atoms with Gasteiger partial charge in [-0.2, -0.15) is 4.98 Å². The third-order valence-electron chi connectivity index (χ3n) is 5.04. The average Bonchev–Trinajstić information content (AvgIpc) is 3.46. The van der Waals surface area contributed by atoms with Gasteiger partial charge in [0.05, 0.1) is 0 Å². The molecule has 1 aliphatic carbocycles. The third-order valence-corrected chi connectivity index (χ3v) is 5.04. The van der Waals surface area contributed by atoms with E-state index in [1.54, 1.807) is 24.3 Å². The Kier molecular flexibility index (Phi) is 5.17. The highest BCUT2D eigenvalue weighted by atomic mass is 16.5. The van der Waals surface area contributed by atoms with Gasteiger partial charge in [-0.25, -0.2) is 14.8 Å². The van der Waals surface area contributed by atoms with Gasteiger partial charge in [0, 0.05) is 45.0 Å². The van der Waals surface area contributed by atoms with Gasteiger partial charge in [0.1, 0.15) is 6.54 Å². The van der Waals surface area contributed by atoms with E-state index >= 15 is 0 Å². The topological polar surface area (TPSA) is 100 Å². The van der Waals surface area contributed by atoms with Gasteiger partial charge in [-0.3, -0.25) is 0 Å². The molecule has 3 heterocycles. The average molecular weight is 371 g/mol. The molecule has 1 saturated carbocycles. The zero-order valence-electron chi connectivity index (χ0n) is 15.5. The summed E-state index contributed by atoms with van der Waals surface area (Å²) in [5.74, 6) is 2.84. The van der Waals surface area contributed by atoms with Crippen LogP contribution in [0.15, 0.2) is 23.0 Å². The lowest BCUT2D eigenvalue weighted by Gasteiger charge is -2.33. The third kappa shape index (κ3) is 4.53. The van der Waals surface area contributed by atoms with Gasteiger partial charge < -0.3 is 19.6 Å². The van der Waals surface area contributed by atoms with E-state index in [1.807, 2.05) is 6.07 Å². The summed E-state index contributed by atoms with van der Waals surface area (Å²) in [6, 6.07) is 1.69. The molecule has 1 atom stereocenters. The molecule has 0 bridgehead atoms. The standard InChI is InChI=1S/C18H25N7O2/c1-24(12-15-22-16(23-27-15)14-5-6-14)18(26)21-10-13-4-2-9-25(11-13)17-19-7-3-8-20-17/h3,7-8,13-14H,2,4-6,9-12H2,1H3,(H,21,26)/t13-/m0/s1. The van der Waals surface area contributed by atoms with E-state index in [2.05, 4.69) is 30.3 Å². The van der Waals surface area contributed by atoms with Crippen molar-refractivity contribution >= 4 is 12.0 Å². The predicted octanol–water partition coefficient (Wildman–Crippen LogP) is 1.79. The number of hydrogen-bond donors (Lipinski definition) is 1. The monoisotopic (exact) mass is 371 g/mol. The molecule has 4 rings (SSSR count). The van der Waals surface area contributed by atoms with Crippen LogP contribution in [-0.4, -0.2) is 57.7 Å². The highest BCUT2D eigenvalue weighted by Gasteiger charge is 2.29. The summed E-state index contributed by atoms with van der Waals surface area (Å²) in [5, 5.41) is 7.00. The Hall–Kier alpha value is -2.71. The van der Waals surface area contributed by atoms with Gasteiger partial charge in [0.25, 0.3) is 0 Å². The second-order valence-electron chi connectivity index (χ2n) is 7.37. The first kappa shape index (κ1) is 17.7. The van der Waals surface area contributed by atoms with Crippen molar-refractivity contribution in [1.82, 2.24) is 30.3 Å². The first-order valence-electron chi connectivity index (χ1n) is 9.52. The number of carbonyl (C=O) groups is 1. The van der Waals surface area contributed by atoms with Crippen molar-refractivity contribution in [1.29, 1.82) is 0 Å². The molecule has 0 aromatic carbocycles. The summed E-state index contributed by atoms with van der Waals surface area (Å²) in [6.45, 7) is 2.75. The number of hydrogen-bond acceptors (Lipinski definition) is 7. The number of anilines is 1. The van der Waals surface area contributed by atoms with E-state index < -0.39 is 0 Å². The predicted molar refractivity (Wildman–Crippen MR) is 98.1 cm³/mol. The van der Waals surface area contributed by atoms with Crippen molar-refractivity contribution in [3.63, 3.8) is 0 Å². The number of amides is 2. The Labute approximate surface area is 158 Å². The van der Waals surface area contributed by atoms with Crippen LogP contribution >= 0.6 is 0 Å². The first-order valence-corrected chi connectivity index (χ1v) is 9.52.